The van der Waals surface area contributed by atoms with Crippen molar-refractivity contribution < 1.29 is 17.9 Å². The van der Waals surface area contributed by atoms with Crippen molar-refractivity contribution in [2.24, 2.45) is 11.7 Å². The van der Waals surface area contributed by atoms with E-state index in [1.54, 1.807) is 24.3 Å². The molecule has 0 radical (unpaired) electrons. The Morgan fingerprint density at radius 2 is 1.61 bits per heavy atom. The van der Waals surface area contributed by atoms with E-state index in [2.05, 4.69) is 4.90 Å². The monoisotopic (exact) mass is 495 g/mol. The molecule has 1 amide bonds. The van der Waals surface area contributed by atoms with Crippen LogP contribution in [0.25, 0.3) is 0 Å². The van der Waals surface area contributed by atoms with Gasteiger partial charge in [-0.2, -0.15) is 0 Å². The van der Waals surface area contributed by atoms with Gasteiger partial charge in [0.15, 0.2) is 0 Å². The summed E-state index contributed by atoms with van der Waals surface area (Å²) in [4.78, 5) is 13.6. The van der Waals surface area contributed by atoms with Crippen molar-refractivity contribution in [2.45, 2.75) is 39.2 Å². The van der Waals surface area contributed by atoms with E-state index in [9.17, 15) is 13.2 Å². The van der Waals surface area contributed by atoms with Crippen LogP contribution in [0.5, 0.6) is 11.5 Å². The number of unbranched alkanes of at least 4 members (excludes halogenated alkanes) is 1. The van der Waals surface area contributed by atoms with E-state index >= 15 is 0 Å². The van der Waals surface area contributed by atoms with Crippen LogP contribution in [0.15, 0.2) is 48.5 Å². The van der Waals surface area contributed by atoms with Gasteiger partial charge in [0.25, 0.3) is 0 Å². The maximum atomic E-state index is 12.1. The van der Waals surface area contributed by atoms with Gasteiger partial charge in [0.1, 0.15) is 11.5 Å². The molecule has 7 nitrogen and oxygen atoms in total. The van der Waals surface area contributed by atoms with Crippen molar-refractivity contribution in [3.05, 3.63) is 54.1 Å². The number of nitrogens with zero attached hydrogens (tertiary/aromatic N) is 2. The summed E-state index contributed by atoms with van der Waals surface area (Å²) in [5.74, 6) is 1.19. The van der Waals surface area contributed by atoms with Crippen LogP contribution in [-0.2, 0) is 21.4 Å². The van der Waals surface area contributed by atoms with Gasteiger partial charge in [0, 0.05) is 19.0 Å². The summed E-state index contributed by atoms with van der Waals surface area (Å²) in [7, 11) is -3.32. The Balaban J connectivity index is 0.00000385. The van der Waals surface area contributed by atoms with Crippen molar-refractivity contribution in [3.8, 4) is 11.5 Å². The second-order valence-electron chi connectivity index (χ2n) is 8.38. The first kappa shape index (κ1) is 27.0. The van der Waals surface area contributed by atoms with E-state index in [-0.39, 0.29) is 24.2 Å². The SMILES string of the molecule is CCCCN(c1ccc(Oc2ccc(CN3CCC(C(N)=O)CC3)cc2)cc1)S(C)(=O)=O.Cl. The number of hydrogen-bond donors (Lipinski definition) is 1. The molecule has 1 aliphatic heterocycles. The lowest BCUT2D eigenvalue weighted by Gasteiger charge is -2.30. The molecule has 182 valence electrons. The van der Waals surface area contributed by atoms with Gasteiger partial charge in [-0.1, -0.05) is 25.5 Å². The maximum absolute atomic E-state index is 12.1. The number of primary amides is 1. The molecule has 0 bridgehead atoms. The number of rotatable bonds is 10. The van der Waals surface area contributed by atoms with Crippen molar-refractivity contribution in [1.29, 1.82) is 0 Å². The molecule has 0 atom stereocenters. The number of sulfonamides is 1. The molecule has 1 aliphatic rings. The molecule has 0 spiro atoms. The summed E-state index contributed by atoms with van der Waals surface area (Å²) in [5.41, 5.74) is 7.23. The molecule has 9 heteroatoms. The van der Waals surface area contributed by atoms with E-state index in [1.807, 2.05) is 31.2 Å². The summed E-state index contributed by atoms with van der Waals surface area (Å²) in [6, 6.07) is 15.1. The van der Waals surface area contributed by atoms with Crippen molar-refractivity contribution >= 4 is 34.0 Å². The van der Waals surface area contributed by atoms with Gasteiger partial charge >= 0.3 is 0 Å². The number of carbonyl (C=O) groups excluding carboxylic acids is 1. The number of carbonyl (C=O) groups is 1. The number of benzene rings is 2. The molecule has 33 heavy (non-hydrogen) atoms. The van der Waals surface area contributed by atoms with Crippen LogP contribution in [0.3, 0.4) is 0 Å². The Bertz CT molecular complexity index is 989. The predicted molar refractivity (Wildman–Crippen MR) is 134 cm³/mol. The fraction of sp³-hybridized carbons (Fsp3) is 0.458. The molecule has 0 aliphatic carbocycles. The number of ether oxygens (including phenoxy) is 1. The zero-order valence-corrected chi connectivity index (χ0v) is 20.9. The molecule has 1 heterocycles. The first-order chi connectivity index (χ1) is 15.3. The van der Waals surface area contributed by atoms with Crippen LogP contribution in [-0.4, -0.2) is 45.1 Å². The van der Waals surface area contributed by atoms with Crippen LogP contribution in [0.1, 0.15) is 38.2 Å². The molecule has 0 unspecified atom stereocenters. The number of piperidine rings is 1. The molecule has 3 rings (SSSR count). The van der Waals surface area contributed by atoms with Crippen molar-refractivity contribution in [2.75, 3.05) is 30.2 Å². The predicted octanol–water partition coefficient (Wildman–Crippen LogP) is 4.16. The highest BCUT2D eigenvalue weighted by Crippen LogP contribution is 2.27. The number of amides is 1. The number of halogens is 1. The second kappa shape index (κ2) is 12.3. The molecule has 0 aromatic heterocycles. The van der Waals surface area contributed by atoms with E-state index in [1.165, 1.54) is 16.1 Å². The lowest BCUT2D eigenvalue weighted by Crippen LogP contribution is -2.38. The summed E-state index contributed by atoms with van der Waals surface area (Å²) in [6.45, 7) is 5.09. The van der Waals surface area contributed by atoms with Gasteiger partial charge in [-0.15, -0.1) is 12.4 Å². The molecule has 1 saturated heterocycles. The Labute approximate surface area is 203 Å². The van der Waals surface area contributed by atoms with Crippen molar-refractivity contribution in [3.63, 3.8) is 0 Å². The number of anilines is 1. The summed E-state index contributed by atoms with van der Waals surface area (Å²) < 4.78 is 31.6. The Morgan fingerprint density at radius 1 is 1.06 bits per heavy atom. The maximum Gasteiger partial charge on any atom is 0.232 e. The Hall–Kier alpha value is -2.29. The van der Waals surface area contributed by atoms with Crippen LogP contribution in [0.4, 0.5) is 5.69 Å². The van der Waals surface area contributed by atoms with E-state index in [0.717, 1.165) is 51.1 Å². The first-order valence-corrected chi connectivity index (χ1v) is 13.0. The van der Waals surface area contributed by atoms with Gasteiger partial charge in [0.05, 0.1) is 11.9 Å². The molecular formula is C24H34ClN3O4S. The standard InChI is InChI=1S/C24H33N3O4S.ClH/c1-3-4-15-27(32(2,29)30)21-7-11-23(12-8-21)31-22-9-5-19(6-10-22)18-26-16-13-20(14-17-26)24(25)28;/h5-12,20H,3-4,13-18H2,1-2H3,(H2,25,28);1H. The third-order valence-corrected chi connectivity index (χ3v) is 6.99. The molecule has 0 saturated carbocycles. The lowest BCUT2D eigenvalue weighted by atomic mass is 9.96. The molecular weight excluding hydrogens is 462 g/mol. The smallest absolute Gasteiger partial charge is 0.232 e. The minimum atomic E-state index is -3.32. The molecule has 2 N–H and O–H groups in total. The highest BCUT2D eigenvalue weighted by atomic mass is 35.5. The van der Waals surface area contributed by atoms with E-state index < -0.39 is 10.0 Å². The van der Waals surface area contributed by atoms with Crippen molar-refractivity contribution in [1.82, 2.24) is 4.90 Å². The lowest BCUT2D eigenvalue weighted by molar-refractivity contribution is -0.123. The zero-order valence-electron chi connectivity index (χ0n) is 19.3. The van der Waals surface area contributed by atoms with E-state index in [4.69, 9.17) is 10.5 Å². The number of hydrogen-bond acceptors (Lipinski definition) is 5. The van der Waals surface area contributed by atoms with Crippen LogP contribution < -0.4 is 14.8 Å². The number of nitrogens with two attached hydrogens (primary N) is 1. The second-order valence-corrected chi connectivity index (χ2v) is 10.3. The van der Waals surface area contributed by atoms with Gasteiger partial charge in [-0.25, -0.2) is 8.42 Å². The van der Waals surface area contributed by atoms with Gasteiger partial charge in [-0.3, -0.25) is 14.0 Å². The van der Waals surface area contributed by atoms with Crippen LogP contribution >= 0.6 is 12.4 Å². The normalized spacial score (nSPS) is 15.0. The Kier molecular flexibility index (Phi) is 10.0. The fourth-order valence-corrected chi connectivity index (χ4v) is 4.87. The highest BCUT2D eigenvalue weighted by molar-refractivity contribution is 7.92. The molecule has 2 aromatic rings. The third kappa shape index (κ3) is 7.91. The topological polar surface area (TPSA) is 92.9 Å². The molecule has 2 aromatic carbocycles. The summed E-state index contributed by atoms with van der Waals surface area (Å²) in [6.07, 6.45) is 4.60. The molecule has 1 fully saturated rings. The Morgan fingerprint density at radius 3 is 2.09 bits per heavy atom. The highest BCUT2D eigenvalue weighted by Gasteiger charge is 2.23. The third-order valence-electron chi connectivity index (χ3n) is 5.79. The summed E-state index contributed by atoms with van der Waals surface area (Å²) >= 11 is 0. The van der Waals surface area contributed by atoms with Gasteiger partial charge < -0.3 is 10.5 Å². The van der Waals surface area contributed by atoms with E-state index in [0.29, 0.717) is 18.0 Å². The first-order valence-electron chi connectivity index (χ1n) is 11.1. The number of likely N-dealkylation sites (tertiary alicyclic amines) is 1. The van der Waals surface area contributed by atoms with Crippen LogP contribution in [0, 0.1) is 5.92 Å². The average molecular weight is 496 g/mol. The largest absolute Gasteiger partial charge is 0.457 e. The van der Waals surface area contributed by atoms with Crippen LogP contribution in [0.2, 0.25) is 0 Å². The zero-order chi connectivity index (χ0) is 23.1. The fourth-order valence-electron chi connectivity index (χ4n) is 3.90. The minimum absolute atomic E-state index is 0. The van der Waals surface area contributed by atoms with Gasteiger partial charge in [0.2, 0.25) is 15.9 Å². The minimum Gasteiger partial charge on any atom is -0.457 e. The summed E-state index contributed by atoms with van der Waals surface area (Å²) in [5, 5.41) is 0. The van der Waals surface area contributed by atoms with Gasteiger partial charge in [-0.05, 0) is 74.3 Å². The average Bonchev–Trinajstić information content (AvgIpc) is 2.76. The quantitative estimate of drug-likeness (QED) is 0.534.